The highest BCUT2D eigenvalue weighted by molar-refractivity contribution is 6.32. The number of rotatable bonds is 5. The molecule has 1 aliphatic heterocycles. The molecule has 0 unspecified atom stereocenters. The number of esters is 1. The number of nitrogens with zero attached hydrogens (tertiary/aromatic N) is 1. The summed E-state index contributed by atoms with van der Waals surface area (Å²) in [5.41, 5.74) is 3.35. The molecule has 0 radical (unpaired) electrons. The first kappa shape index (κ1) is 17.6. The number of carbonyl (C=O) groups is 1. The first-order valence-corrected chi connectivity index (χ1v) is 9.07. The minimum atomic E-state index is -0.295. The molecule has 0 aliphatic carbocycles. The zero-order valence-corrected chi connectivity index (χ0v) is 15.6. The van der Waals surface area contributed by atoms with E-state index in [4.69, 9.17) is 25.8 Å². The van der Waals surface area contributed by atoms with Gasteiger partial charge in [-0.15, -0.1) is 0 Å². The Kier molecular flexibility index (Phi) is 4.86. The van der Waals surface area contributed by atoms with Crippen LogP contribution >= 0.6 is 11.6 Å². The minimum Gasteiger partial charge on any atom is -0.459 e. The van der Waals surface area contributed by atoms with E-state index >= 15 is 0 Å². The number of ether oxygens (including phenoxy) is 3. The van der Waals surface area contributed by atoms with Crippen molar-refractivity contribution < 1.29 is 19.0 Å². The summed E-state index contributed by atoms with van der Waals surface area (Å²) < 4.78 is 16.0. The molecule has 3 aromatic rings. The number of hydrogen-bond donors (Lipinski definition) is 0. The van der Waals surface area contributed by atoms with Gasteiger partial charge in [0.05, 0.1) is 16.2 Å². The smallest absolute Gasteiger partial charge is 0.306 e. The molecule has 0 bridgehead atoms. The third kappa shape index (κ3) is 3.69. The van der Waals surface area contributed by atoms with E-state index in [0.29, 0.717) is 22.9 Å². The van der Waals surface area contributed by atoms with E-state index in [1.165, 1.54) is 0 Å². The first-order valence-electron chi connectivity index (χ1n) is 8.69. The summed E-state index contributed by atoms with van der Waals surface area (Å²) in [6.45, 7) is 2.24. The predicted molar refractivity (Wildman–Crippen MR) is 102 cm³/mol. The number of halogens is 1. The zero-order chi connectivity index (χ0) is 18.8. The Labute approximate surface area is 161 Å². The van der Waals surface area contributed by atoms with Gasteiger partial charge < -0.3 is 14.2 Å². The number of pyridine rings is 1. The number of carbonyl (C=O) groups excluding carboxylic acids is 1. The highest BCUT2D eigenvalue weighted by atomic mass is 35.5. The Morgan fingerprint density at radius 1 is 1.19 bits per heavy atom. The third-order valence-corrected chi connectivity index (χ3v) is 5.07. The van der Waals surface area contributed by atoms with Gasteiger partial charge in [-0.25, -0.2) is 4.98 Å². The summed E-state index contributed by atoms with van der Waals surface area (Å²) in [6.07, 6.45) is 0.831. The molecule has 0 amide bonds. The molecule has 6 heteroatoms. The third-order valence-electron chi connectivity index (χ3n) is 4.57. The first-order chi connectivity index (χ1) is 13.1. The van der Waals surface area contributed by atoms with Crippen LogP contribution in [0.2, 0.25) is 5.02 Å². The largest absolute Gasteiger partial charge is 0.459 e. The van der Waals surface area contributed by atoms with E-state index < -0.39 is 0 Å². The molecule has 27 heavy (non-hydrogen) atoms. The molecule has 0 fully saturated rings. The van der Waals surface area contributed by atoms with Crippen molar-refractivity contribution in [1.82, 2.24) is 4.98 Å². The van der Waals surface area contributed by atoms with Crippen LogP contribution in [0.3, 0.4) is 0 Å². The summed E-state index contributed by atoms with van der Waals surface area (Å²) >= 11 is 6.40. The van der Waals surface area contributed by atoms with Crippen molar-refractivity contribution in [2.75, 3.05) is 6.79 Å². The van der Waals surface area contributed by atoms with Crippen LogP contribution in [0.15, 0.2) is 42.5 Å². The van der Waals surface area contributed by atoms with Crippen LogP contribution in [0.25, 0.3) is 10.9 Å². The van der Waals surface area contributed by atoms with Crippen LogP contribution in [0.1, 0.15) is 23.2 Å². The maximum atomic E-state index is 12.1. The molecule has 1 aromatic heterocycles. The molecule has 0 spiro atoms. The summed E-state index contributed by atoms with van der Waals surface area (Å²) in [6, 6.07) is 13.4. The second kappa shape index (κ2) is 7.45. The Bertz CT molecular complexity index is 1020. The van der Waals surface area contributed by atoms with Crippen molar-refractivity contribution >= 4 is 28.5 Å². The van der Waals surface area contributed by atoms with Gasteiger partial charge in [-0.3, -0.25) is 4.79 Å². The van der Waals surface area contributed by atoms with Crippen LogP contribution in [-0.2, 0) is 22.6 Å². The molecule has 5 nitrogen and oxygen atoms in total. The fraction of sp³-hybridized carbons (Fsp3) is 0.238. The summed E-state index contributed by atoms with van der Waals surface area (Å²) in [7, 11) is 0. The standard InChI is InChI=1S/C21H18ClNO4/c1-13-15-4-2-3-5-16(15)23-17(21(13)22)11-25-20(24)9-7-14-6-8-18-19(10-14)27-12-26-18/h2-6,8,10H,7,9,11-12H2,1H3. The van der Waals surface area contributed by atoms with Gasteiger partial charge in [0, 0.05) is 11.8 Å². The normalized spacial score (nSPS) is 12.4. The molecule has 0 saturated heterocycles. The topological polar surface area (TPSA) is 57.7 Å². The van der Waals surface area contributed by atoms with Crippen molar-refractivity contribution in [1.29, 1.82) is 0 Å². The fourth-order valence-corrected chi connectivity index (χ4v) is 3.28. The van der Waals surface area contributed by atoms with Gasteiger partial charge in [-0.05, 0) is 42.7 Å². The molecule has 0 N–H and O–H groups in total. The van der Waals surface area contributed by atoms with Crippen molar-refractivity contribution in [3.05, 3.63) is 64.3 Å². The molecule has 2 heterocycles. The highest BCUT2D eigenvalue weighted by Gasteiger charge is 2.15. The summed E-state index contributed by atoms with van der Waals surface area (Å²) in [5, 5.41) is 1.54. The van der Waals surface area contributed by atoms with Crippen molar-refractivity contribution in [3.8, 4) is 11.5 Å². The number of aromatic nitrogens is 1. The Balaban J connectivity index is 1.38. The Morgan fingerprint density at radius 3 is 2.89 bits per heavy atom. The van der Waals surface area contributed by atoms with Gasteiger partial charge in [-0.1, -0.05) is 35.9 Å². The molecular weight excluding hydrogens is 366 g/mol. The van der Waals surface area contributed by atoms with E-state index in [0.717, 1.165) is 27.8 Å². The van der Waals surface area contributed by atoms with Crippen LogP contribution < -0.4 is 9.47 Å². The second-order valence-corrected chi connectivity index (χ2v) is 6.74. The van der Waals surface area contributed by atoms with Gasteiger partial charge in [-0.2, -0.15) is 0 Å². The molecule has 1 aliphatic rings. The van der Waals surface area contributed by atoms with Crippen molar-refractivity contribution in [2.24, 2.45) is 0 Å². The van der Waals surface area contributed by atoms with Crippen LogP contribution in [0, 0.1) is 6.92 Å². The average Bonchev–Trinajstić information content (AvgIpc) is 3.16. The molecule has 0 atom stereocenters. The van der Waals surface area contributed by atoms with Gasteiger partial charge >= 0.3 is 5.97 Å². The fourth-order valence-electron chi connectivity index (χ4n) is 3.08. The maximum Gasteiger partial charge on any atom is 0.306 e. The lowest BCUT2D eigenvalue weighted by Gasteiger charge is -2.10. The van der Waals surface area contributed by atoms with Crippen molar-refractivity contribution in [3.63, 3.8) is 0 Å². The molecule has 4 rings (SSSR count). The molecular formula is C21H18ClNO4. The average molecular weight is 384 g/mol. The number of aryl methyl sites for hydroxylation is 2. The molecule has 2 aromatic carbocycles. The van der Waals surface area contributed by atoms with Gasteiger partial charge in [0.15, 0.2) is 11.5 Å². The quantitative estimate of drug-likeness (QED) is 0.602. The monoisotopic (exact) mass is 383 g/mol. The molecule has 138 valence electrons. The number of fused-ring (bicyclic) bond motifs is 2. The van der Waals surface area contributed by atoms with Crippen LogP contribution in [-0.4, -0.2) is 17.7 Å². The minimum absolute atomic E-state index is 0.0600. The maximum absolute atomic E-state index is 12.1. The van der Waals surface area contributed by atoms with E-state index in [9.17, 15) is 4.79 Å². The van der Waals surface area contributed by atoms with Crippen LogP contribution in [0.4, 0.5) is 0 Å². The van der Waals surface area contributed by atoms with E-state index in [1.54, 1.807) is 0 Å². The van der Waals surface area contributed by atoms with E-state index in [1.807, 2.05) is 49.4 Å². The van der Waals surface area contributed by atoms with Gasteiger partial charge in [0.2, 0.25) is 6.79 Å². The summed E-state index contributed by atoms with van der Waals surface area (Å²) in [5.74, 6) is 1.15. The lowest BCUT2D eigenvalue weighted by Crippen LogP contribution is -2.08. The number of benzene rings is 2. The number of hydrogen-bond acceptors (Lipinski definition) is 5. The van der Waals surface area contributed by atoms with Crippen molar-refractivity contribution in [2.45, 2.75) is 26.4 Å². The lowest BCUT2D eigenvalue weighted by atomic mass is 10.1. The van der Waals surface area contributed by atoms with Crippen LogP contribution in [0.5, 0.6) is 11.5 Å². The Hall–Kier alpha value is -2.79. The molecule has 0 saturated carbocycles. The predicted octanol–water partition coefficient (Wildman–Crippen LogP) is 4.60. The second-order valence-electron chi connectivity index (χ2n) is 6.36. The van der Waals surface area contributed by atoms with E-state index in [-0.39, 0.29) is 25.8 Å². The van der Waals surface area contributed by atoms with Gasteiger partial charge in [0.25, 0.3) is 0 Å². The highest BCUT2D eigenvalue weighted by Crippen LogP contribution is 2.33. The summed E-state index contributed by atoms with van der Waals surface area (Å²) in [4.78, 5) is 16.7. The SMILES string of the molecule is Cc1c(Cl)c(COC(=O)CCc2ccc3c(c2)OCO3)nc2ccccc12. The zero-order valence-electron chi connectivity index (χ0n) is 14.8. The lowest BCUT2D eigenvalue weighted by molar-refractivity contribution is -0.145. The number of para-hydroxylation sites is 1. The van der Waals surface area contributed by atoms with E-state index in [2.05, 4.69) is 4.98 Å². The van der Waals surface area contributed by atoms with Gasteiger partial charge in [0.1, 0.15) is 6.61 Å². The Morgan fingerprint density at radius 2 is 2.00 bits per heavy atom.